The minimum absolute atomic E-state index is 0.00180. The summed E-state index contributed by atoms with van der Waals surface area (Å²) in [5, 5.41) is 0. The van der Waals surface area contributed by atoms with Gasteiger partial charge < -0.3 is 9.64 Å². The minimum Gasteiger partial charge on any atom is -0.465 e. The lowest BCUT2D eigenvalue weighted by Gasteiger charge is -2.27. The van der Waals surface area contributed by atoms with Crippen molar-refractivity contribution in [2.75, 3.05) is 13.7 Å². The molecule has 0 spiro atoms. The lowest BCUT2D eigenvalue weighted by Crippen LogP contribution is -2.36. The maximum atomic E-state index is 14.1. The lowest BCUT2D eigenvalue weighted by molar-refractivity contribution is 0.0595. The van der Waals surface area contributed by atoms with Crippen molar-refractivity contribution in [1.82, 2.24) is 9.62 Å². The zero-order chi connectivity index (χ0) is 23.0. The van der Waals surface area contributed by atoms with Crippen LogP contribution in [-0.4, -0.2) is 44.9 Å². The number of carbonyl (C=O) groups excluding carboxylic acids is 2. The highest BCUT2D eigenvalue weighted by atomic mass is 32.2. The summed E-state index contributed by atoms with van der Waals surface area (Å²) in [5.41, 5.74) is 0.255. The Morgan fingerprint density at radius 2 is 1.94 bits per heavy atom. The number of ether oxygens (including phenoxy) is 1. The molecule has 2 aromatic rings. The topological polar surface area (TPSA) is 92.8 Å². The Labute approximate surface area is 188 Å². The molecular formula is C21H22F2N2O5S2. The molecule has 0 atom stereocenters. The Bertz CT molecular complexity index is 1170. The molecular weight excluding hydrogens is 462 g/mol. The minimum atomic E-state index is -3.96. The van der Waals surface area contributed by atoms with E-state index in [1.807, 2.05) is 0 Å². The van der Waals surface area contributed by atoms with Crippen LogP contribution in [0.3, 0.4) is 0 Å². The van der Waals surface area contributed by atoms with E-state index in [0.717, 1.165) is 49.2 Å². The second kappa shape index (κ2) is 8.87. The van der Waals surface area contributed by atoms with Crippen molar-refractivity contribution in [3.05, 3.63) is 51.4 Å². The van der Waals surface area contributed by atoms with Gasteiger partial charge in [-0.05, 0) is 37.0 Å². The lowest BCUT2D eigenvalue weighted by atomic mass is 10.0. The molecule has 2 aliphatic rings. The van der Waals surface area contributed by atoms with Gasteiger partial charge in [-0.1, -0.05) is 12.8 Å². The Morgan fingerprint density at radius 3 is 2.59 bits per heavy atom. The predicted molar refractivity (Wildman–Crippen MR) is 113 cm³/mol. The number of hydrogen-bond donors (Lipinski definition) is 1. The van der Waals surface area contributed by atoms with Gasteiger partial charge in [0.1, 0.15) is 15.8 Å². The monoisotopic (exact) mass is 484 g/mol. The van der Waals surface area contributed by atoms with Crippen LogP contribution in [0.5, 0.6) is 0 Å². The number of esters is 1. The number of rotatable bonds is 5. The fourth-order valence-corrected chi connectivity index (χ4v) is 7.42. The van der Waals surface area contributed by atoms with Crippen LogP contribution in [0.4, 0.5) is 8.78 Å². The van der Waals surface area contributed by atoms with Crippen LogP contribution in [0, 0.1) is 11.6 Å². The molecule has 1 aromatic heterocycles. The van der Waals surface area contributed by atoms with Gasteiger partial charge in [0.25, 0.3) is 15.9 Å². The average Bonchev–Trinajstić information content (AvgIpc) is 3.39. The van der Waals surface area contributed by atoms with Gasteiger partial charge in [0.2, 0.25) is 0 Å². The van der Waals surface area contributed by atoms with Gasteiger partial charge in [0, 0.05) is 23.5 Å². The van der Waals surface area contributed by atoms with Gasteiger partial charge >= 0.3 is 5.97 Å². The quantitative estimate of drug-likeness (QED) is 0.658. The molecule has 172 valence electrons. The molecule has 4 rings (SSSR count). The highest BCUT2D eigenvalue weighted by Crippen LogP contribution is 2.37. The first-order chi connectivity index (χ1) is 15.2. The van der Waals surface area contributed by atoms with E-state index in [9.17, 15) is 26.8 Å². The Kier molecular flexibility index (Phi) is 6.33. The number of methoxy groups -OCH3 is 1. The number of hydrogen-bond acceptors (Lipinski definition) is 6. The standard InChI is InChI=1S/C21H22F2N2O5S2/c1-30-20(27)18-15-8-9-25(19(26)14-7-6-12(22)10-16(14)23)11-17(15)31-21(18)32(28,29)24-13-4-2-3-5-13/h6-7,10,13,24H,2-5,8-9,11H2,1H3. The SMILES string of the molecule is COC(=O)c1c(S(=O)(=O)NC2CCCC2)sc2c1CCN(C(=O)c1ccc(F)cc1F)C2. The third kappa shape index (κ3) is 4.28. The first-order valence-corrected chi connectivity index (χ1v) is 12.5. The Balaban J connectivity index is 1.66. The molecule has 1 aliphatic carbocycles. The summed E-state index contributed by atoms with van der Waals surface area (Å²) in [5.74, 6) is -3.13. The van der Waals surface area contributed by atoms with E-state index in [4.69, 9.17) is 4.74 Å². The summed E-state index contributed by atoms with van der Waals surface area (Å²) in [6, 6.07) is 2.55. The smallest absolute Gasteiger partial charge is 0.340 e. The summed E-state index contributed by atoms with van der Waals surface area (Å²) < 4.78 is 60.9. The van der Waals surface area contributed by atoms with Crippen LogP contribution >= 0.6 is 11.3 Å². The summed E-state index contributed by atoms with van der Waals surface area (Å²) >= 11 is 0.920. The second-order valence-electron chi connectivity index (χ2n) is 7.86. The summed E-state index contributed by atoms with van der Waals surface area (Å²) in [7, 11) is -2.78. The molecule has 0 radical (unpaired) electrons. The number of fused-ring (bicyclic) bond motifs is 1. The summed E-state index contributed by atoms with van der Waals surface area (Å²) in [6.07, 6.45) is 3.57. The second-order valence-corrected chi connectivity index (χ2v) is 10.9. The highest BCUT2D eigenvalue weighted by molar-refractivity contribution is 7.91. The van der Waals surface area contributed by atoms with E-state index < -0.39 is 33.5 Å². The van der Waals surface area contributed by atoms with E-state index in [1.165, 1.54) is 12.0 Å². The normalized spacial score (nSPS) is 16.8. The maximum absolute atomic E-state index is 14.1. The van der Waals surface area contributed by atoms with Crippen molar-refractivity contribution in [2.24, 2.45) is 0 Å². The molecule has 2 heterocycles. The van der Waals surface area contributed by atoms with Crippen molar-refractivity contribution >= 4 is 33.2 Å². The molecule has 1 fully saturated rings. The zero-order valence-corrected chi connectivity index (χ0v) is 19.0. The molecule has 0 saturated heterocycles. The molecule has 1 aromatic carbocycles. The van der Waals surface area contributed by atoms with Gasteiger partial charge in [-0.25, -0.2) is 26.7 Å². The number of nitrogens with zero attached hydrogens (tertiary/aromatic N) is 1. The summed E-state index contributed by atoms with van der Waals surface area (Å²) in [4.78, 5) is 27.2. The van der Waals surface area contributed by atoms with Gasteiger partial charge in [-0.2, -0.15) is 0 Å². The van der Waals surface area contributed by atoms with Crippen LogP contribution in [0.15, 0.2) is 22.4 Å². The van der Waals surface area contributed by atoms with E-state index in [-0.39, 0.29) is 40.9 Å². The molecule has 1 N–H and O–H groups in total. The average molecular weight is 485 g/mol. The number of nitrogens with one attached hydrogen (secondary N) is 1. The fraction of sp³-hybridized carbons (Fsp3) is 0.429. The van der Waals surface area contributed by atoms with Crippen LogP contribution in [0.2, 0.25) is 0 Å². The molecule has 1 amide bonds. The van der Waals surface area contributed by atoms with Crippen molar-refractivity contribution in [2.45, 2.75) is 48.9 Å². The highest BCUT2D eigenvalue weighted by Gasteiger charge is 2.36. The van der Waals surface area contributed by atoms with Crippen LogP contribution in [0.25, 0.3) is 0 Å². The van der Waals surface area contributed by atoms with E-state index in [2.05, 4.69) is 4.72 Å². The van der Waals surface area contributed by atoms with Gasteiger partial charge in [0.05, 0.1) is 24.8 Å². The fourth-order valence-electron chi connectivity index (χ4n) is 4.20. The van der Waals surface area contributed by atoms with Gasteiger partial charge in [-0.15, -0.1) is 11.3 Å². The van der Waals surface area contributed by atoms with Crippen LogP contribution in [-0.2, 0) is 27.7 Å². The number of benzene rings is 1. The first kappa shape index (κ1) is 22.8. The number of thiophene rings is 1. The molecule has 0 unspecified atom stereocenters. The zero-order valence-electron chi connectivity index (χ0n) is 17.3. The molecule has 7 nitrogen and oxygen atoms in total. The third-order valence-corrected chi connectivity index (χ3v) is 9.04. The van der Waals surface area contributed by atoms with Gasteiger partial charge in [-0.3, -0.25) is 4.79 Å². The van der Waals surface area contributed by atoms with Crippen LogP contribution < -0.4 is 4.72 Å². The van der Waals surface area contributed by atoms with E-state index in [0.29, 0.717) is 16.5 Å². The number of carbonyl (C=O) groups is 2. The third-order valence-electron chi connectivity index (χ3n) is 5.78. The van der Waals surface area contributed by atoms with Crippen molar-refractivity contribution in [1.29, 1.82) is 0 Å². The van der Waals surface area contributed by atoms with Crippen molar-refractivity contribution in [3.8, 4) is 0 Å². The molecule has 0 bridgehead atoms. The number of halogens is 2. The molecule has 11 heteroatoms. The van der Waals surface area contributed by atoms with E-state index >= 15 is 0 Å². The van der Waals surface area contributed by atoms with Crippen molar-refractivity contribution in [3.63, 3.8) is 0 Å². The first-order valence-electron chi connectivity index (χ1n) is 10.2. The van der Waals surface area contributed by atoms with E-state index in [1.54, 1.807) is 0 Å². The Hall–Kier alpha value is -2.37. The maximum Gasteiger partial charge on any atom is 0.340 e. The molecule has 1 saturated carbocycles. The number of amides is 1. The van der Waals surface area contributed by atoms with Crippen molar-refractivity contribution < 1.29 is 31.5 Å². The Morgan fingerprint density at radius 1 is 1.22 bits per heavy atom. The predicted octanol–water partition coefficient (Wildman–Crippen LogP) is 3.23. The van der Waals surface area contributed by atoms with Gasteiger partial charge in [0.15, 0.2) is 0 Å². The molecule has 32 heavy (non-hydrogen) atoms. The number of sulfonamides is 1. The summed E-state index contributed by atoms with van der Waals surface area (Å²) in [6.45, 7) is 0.164. The van der Waals surface area contributed by atoms with Crippen LogP contribution in [0.1, 0.15) is 56.8 Å². The largest absolute Gasteiger partial charge is 0.465 e. The molecule has 1 aliphatic heterocycles.